The number of carbonyl (C=O) groups is 3. The second-order valence-electron chi connectivity index (χ2n) is 11.6. The van der Waals surface area contributed by atoms with Crippen LogP contribution in [0.2, 0.25) is 0 Å². The lowest BCUT2D eigenvalue weighted by Gasteiger charge is -2.41. The van der Waals surface area contributed by atoms with Gasteiger partial charge in [0.25, 0.3) is 0 Å². The van der Waals surface area contributed by atoms with Gasteiger partial charge < -0.3 is 18.6 Å². The fourth-order valence-corrected chi connectivity index (χ4v) is 11.9. The largest absolute Gasteiger partial charge is 0.479 e. The number of hydrogen-bond donors (Lipinski definition) is 2. The Morgan fingerprint density at radius 3 is 0.784 bits per heavy atom. The highest BCUT2D eigenvalue weighted by atomic mass is 32.3. The Balaban J connectivity index is 1.37. The third-order valence-corrected chi connectivity index (χ3v) is 14.6. The number of benzene rings is 6. The van der Waals surface area contributed by atoms with Crippen molar-refractivity contribution in [1.29, 1.82) is 0 Å². The van der Waals surface area contributed by atoms with E-state index in [4.69, 9.17) is 8.37 Å². The number of hydrogen-bond acceptors (Lipinski definition) is 6. The van der Waals surface area contributed by atoms with Gasteiger partial charge >= 0.3 is 17.9 Å². The topological polar surface area (TPSA) is 110 Å². The Morgan fingerprint density at radius 1 is 0.412 bits per heavy atom. The number of carboxylic acids is 1. The van der Waals surface area contributed by atoms with Crippen molar-refractivity contribution in [2.45, 2.75) is 47.8 Å². The summed E-state index contributed by atoms with van der Waals surface area (Å²) in [6.45, 7) is 0. The van der Waals surface area contributed by atoms with Crippen LogP contribution in [0.1, 0.15) is 12.8 Å². The zero-order valence-corrected chi connectivity index (χ0v) is 29.1. The Kier molecular flexibility index (Phi) is 10.7. The molecule has 7 nitrogen and oxygen atoms in total. The molecular weight excluding hydrogens is 681 g/mol. The Labute approximate surface area is 300 Å². The molecule has 0 heterocycles. The third-order valence-electron chi connectivity index (χ3n) is 8.16. The van der Waals surface area contributed by atoms with E-state index < -0.39 is 57.0 Å². The van der Waals surface area contributed by atoms with E-state index in [1.807, 2.05) is 182 Å². The number of carbonyl (C=O) groups excluding carboxylic acids is 2. The lowest BCUT2D eigenvalue weighted by Crippen LogP contribution is -2.43. The van der Waals surface area contributed by atoms with E-state index in [1.54, 1.807) is 0 Å². The van der Waals surface area contributed by atoms with Crippen molar-refractivity contribution in [2.24, 2.45) is 0 Å². The molecule has 0 bridgehead atoms. The van der Waals surface area contributed by atoms with Crippen molar-refractivity contribution in [1.82, 2.24) is 0 Å². The predicted molar refractivity (Wildman–Crippen MR) is 197 cm³/mol. The van der Waals surface area contributed by atoms with Gasteiger partial charge in [0.1, 0.15) is 0 Å². The maximum absolute atomic E-state index is 14.1. The Bertz CT molecular complexity index is 1730. The van der Waals surface area contributed by atoms with Crippen molar-refractivity contribution in [3.05, 3.63) is 182 Å². The number of carboxylic acid groups (broad SMARTS) is 1. The van der Waals surface area contributed by atoms with E-state index >= 15 is 0 Å². The Hall–Kier alpha value is -5.61. The van der Waals surface area contributed by atoms with Crippen LogP contribution in [0.4, 0.5) is 0 Å². The molecule has 0 fully saturated rings. The van der Waals surface area contributed by atoms with E-state index in [9.17, 15) is 24.6 Å². The van der Waals surface area contributed by atoms with Gasteiger partial charge in [-0.1, -0.05) is 109 Å². The van der Waals surface area contributed by atoms with Crippen molar-refractivity contribution in [2.75, 3.05) is 0 Å². The average molecular weight is 717 g/mol. The quantitative estimate of drug-likeness (QED) is 0.123. The van der Waals surface area contributed by atoms with Crippen molar-refractivity contribution in [3.8, 4) is 0 Å². The van der Waals surface area contributed by atoms with Crippen LogP contribution in [-0.4, -0.2) is 33.7 Å². The first kappa shape index (κ1) is 35.2. The van der Waals surface area contributed by atoms with E-state index in [2.05, 4.69) is 0 Å². The molecule has 0 spiro atoms. The summed E-state index contributed by atoms with van der Waals surface area (Å²) >= 11 is 0. The fourth-order valence-electron chi connectivity index (χ4n) is 5.81. The molecule has 0 radical (unpaired) electrons. The highest BCUT2D eigenvalue weighted by Crippen LogP contribution is 2.70. The second kappa shape index (κ2) is 15.5. The van der Waals surface area contributed by atoms with Gasteiger partial charge in [0.05, 0.1) is 12.8 Å². The van der Waals surface area contributed by atoms with Gasteiger partial charge in [-0.3, -0.25) is 9.59 Å². The van der Waals surface area contributed by atoms with Crippen LogP contribution in [-0.2, 0) is 22.7 Å². The van der Waals surface area contributed by atoms with Crippen LogP contribution in [0.3, 0.4) is 0 Å². The van der Waals surface area contributed by atoms with E-state index in [0.29, 0.717) is 29.4 Å². The first-order chi connectivity index (χ1) is 24.8. The summed E-state index contributed by atoms with van der Waals surface area (Å²) in [5.74, 6) is -3.74. The predicted octanol–water partition coefficient (Wildman–Crippen LogP) is 9.46. The molecule has 0 saturated carbocycles. The molecular formula is C42H36O7S2. The summed E-state index contributed by atoms with van der Waals surface area (Å²) in [6.07, 6.45) is -2.02. The molecule has 0 saturated heterocycles. The van der Waals surface area contributed by atoms with Gasteiger partial charge in [0.2, 0.25) is 0 Å². The zero-order chi connectivity index (χ0) is 35.7. The van der Waals surface area contributed by atoms with Gasteiger partial charge in [0, 0.05) is 29.4 Å². The van der Waals surface area contributed by atoms with Crippen LogP contribution in [0.15, 0.2) is 211 Å². The van der Waals surface area contributed by atoms with E-state index in [0.717, 1.165) is 0 Å². The van der Waals surface area contributed by atoms with E-state index in [1.165, 1.54) is 0 Å². The molecule has 0 amide bonds. The summed E-state index contributed by atoms with van der Waals surface area (Å²) in [6, 6.07) is 55.3. The zero-order valence-electron chi connectivity index (χ0n) is 27.5. The molecule has 0 unspecified atom stereocenters. The molecule has 0 atom stereocenters. The fraction of sp³-hybridized carbons (Fsp3) is 0.0714. The summed E-state index contributed by atoms with van der Waals surface area (Å²) in [4.78, 5) is 45.1. The molecule has 6 aromatic carbocycles. The average Bonchev–Trinajstić information content (AvgIpc) is 3.18. The number of aliphatic carboxylic acids is 1. The molecule has 0 aliphatic heterocycles. The summed E-state index contributed by atoms with van der Waals surface area (Å²) in [5, 5.41) is 22.0. The number of rotatable bonds is 13. The third kappa shape index (κ3) is 7.32. The minimum atomic E-state index is -2.85. The lowest BCUT2D eigenvalue weighted by molar-refractivity contribution is -0.168. The van der Waals surface area contributed by atoms with Crippen molar-refractivity contribution >= 4 is 38.5 Å². The van der Waals surface area contributed by atoms with Gasteiger partial charge in [-0.15, -0.1) is 0 Å². The Morgan fingerprint density at radius 2 is 0.608 bits per heavy atom. The highest BCUT2D eigenvalue weighted by Gasteiger charge is 2.46. The maximum atomic E-state index is 14.1. The van der Waals surface area contributed by atoms with Gasteiger partial charge in [-0.2, -0.15) is 0 Å². The van der Waals surface area contributed by atoms with Crippen LogP contribution < -0.4 is 0 Å². The SMILES string of the molecule is O=C(CC(O)(CC(=O)OS(c1ccccc1)(c1ccccc1)c1ccccc1)C(=O)O)OS(c1ccccc1)(c1ccccc1)c1ccccc1. The highest BCUT2D eigenvalue weighted by molar-refractivity contribution is 8.30. The standard InChI is InChI=1S/C42H36O7S2/c43-39(48-50(33-19-7-1-8-20-33,34-21-9-2-10-22-34)35-23-11-3-12-24-35)31-42(47,41(45)46)32-40(44)49-51(36-25-13-4-14-26-36,37-27-15-5-16-28-37)38-29-17-6-18-30-38/h1-30,47H,31-32H2,(H,45,46). The molecule has 0 aromatic heterocycles. The molecule has 9 heteroatoms. The summed E-state index contributed by atoms with van der Waals surface area (Å²) in [7, 11) is -5.52. The summed E-state index contributed by atoms with van der Waals surface area (Å²) in [5.41, 5.74) is -2.85. The summed E-state index contributed by atoms with van der Waals surface area (Å²) < 4.78 is 12.8. The van der Waals surface area contributed by atoms with Crippen LogP contribution in [0.25, 0.3) is 0 Å². The van der Waals surface area contributed by atoms with Gasteiger partial charge in [-0.05, 0) is 93.4 Å². The maximum Gasteiger partial charge on any atom is 0.336 e. The minimum absolute atomic E-state index is 0.691. The molecule has 0 aliphatic rings. The van der Waals surface area contributed by atoms with Crippen LogP contribution in [0, 0.1) is 0 Å². The molecule has 6 aromatic rings. The smallest absolute Gasteiger partial charge is 0.336 e. The molecule has 258 valence electrons. The first-order valence-electron chi connectivity index (χ1n) is 16.2. The lowest BCUT2D eigenvalue weighted by atomic mass is 9.96. The van der Waals surface area contributed by atoms with Crippen molar-refractivity contribution in [3.63, 3.8) is 0 Å². The molecule has 0 aliphatic carbocycles. The van der Waals surface area contributed by atoms with Gasteiger partial charge in [0.15, 0.2) is 5.60 Å². The normalized spacial score (nSPS) is 12.3. The second-order valence-corrected chi connectivity index (χ2v) is 17.0. The molecule has 51 heavy (non-hydrogen) atoms. The monoisotopic (exact) mass is 716 g/mol. The minimum Gasteiger partial charge on any atom is -0.479 e. The van der Waals surface area contributed by atoms with Crippen LogP contribution in [0.5, 0.6) is 0 Å². The number of aliphatic hydroxyl groups is 1. The van der Waals surface area contributed by atoms with Crippen molar-refractivity contribution < 1.29 is 33.0 Å². The first-order valence-corrected chi connectivity index (χ1v) is 19.3. The van der Waals surface area contributed by atoms with E-state index in [-0.39, 0.29) is 0 Å². The van der Waals surface area contributed by atoms with Gasteiger partial charge in [-0.25, -0.2) is 4.79 Å². The van der Waals surface area contributed by atoms with Crippen LogP contribution >= 0.6 is 20.6 Å². The molecule has 2 N–H and O–H groups in total. The molecule has 6 rings (SSSR count).